The molecule has 0 amide bonds. The molecule has 0 saturated carbocycles. The third-order valence-electron chi connectivity index (χ3n) is 0.759. The van der Waals surface area contributed by atoms with Crippen molar-refractivity contribution in [1.82, 2.24) is 0 Å². The van der Waals surface area contributed by atoms with Gasteiger partial charge in [-0.1, -0.05) is 0 Å². The van der Waals surface area contributed by atoms with E-state index in [-0.39, 0.29) is 4.88 Å². The van der Waals surface area contributed by atoms with Crippen LogP contribution in [-0.2, 0) is 0 Å². The first-order chi connectivity index (χ1) is 3.72. The molecule has 3 heteroatoms. The maximum Gasteiger partial charge on any atom is 0.172 e. The third-order valence-corrected chi connectivity index (χ3v) is 1.55. The Labute approximate surface area is 49.8 Å². The van der Waals surface area contributed by atoms with E-state index in [0.717, 1.165) is 16.7 Å². The Morgan fingerprint density at radius 1 is 1.50 bits per heavy atom. The predicted octanol–water partition coefficient (Wildman–Crippen LogP) is 2.21. The third kappa shape index (κ3) is 0.733. The van der Waals surface area contributed by atoms with Crippen LogP contribution in [0.2, 0.25) is 0 Å². The van der Waals surface area contributed by atoms with Crippen LogP contribution in [0.5, 0.6) is 0 Å². The van der Waals surface area contributed by atoms with Gasteiger partial charge in [-0.15, -0.1) is 11.3 Å². The lowest BCUT2D eigenvalue weighted by Gasteiger charge is -1.78. The van der Waals surface area contributed by atoms with Gasteiger partial charge >= 0.3 is 0 Å². The minimum Gasteiger partial charge on any atom is -0.203 e. The highest BCUT2D eigenvalue weighted by Gasteiger charge is 2.04. The van der Waals surface area contributed by atoms with Crippen LogP contribution in [0.1, 0.15) is 4.88 Å². The molecule has 0 aliphatic carbocycles. The Morgan fingerprint density at radius 2 is 2.12 bits per heavy atom. The van der Waals surface area contributed by atoms with Crippen molar-refractivity contribution in [3.63, 3.8) is 0 Å². The largest absolute Gasteiger partial charge is 0.203 e. The lowest BCUT2D eigenvalue weighted by Crippen LogP contribution is -1.73. The molecule has 8 heavy (non-hydrogen) atoms. The zero-order valence-electron chi connectivity index (χ0n) is 3.95. The Morgan fingerprint density at radius 3 is 2.25 bits per heavy atom. The van der Waals surface area contributed by atoms with Gasteiger partial charge in [0, 0.05) is 10.3 Å². The topological polar surface area (TPSA) is 0 Å². The van der Waals surface area contributed by atoms with E-state index in [2.05, 4.69) is 6.92 Å². The SMILES string of the molecule is [CH2]c1scc(F)c1F. The molecular formula is C5H3F2S. The Balaban J connectivity index is 3.19. The van der Waals surface area contributed by atoms with Crippen molar-refractivity contribution in [3.05, 3.63) is 28.8 Å². The molecule has 0 unspecified atom stereocenters. The fraction of sp³-hybridized carbons (Fsp3) is 0. The second kappa shape index (κ2) is 1.82. The molecule has 0 N–H and O–H groups in total. The Bertz CT molecular complexity index is 173. The molecule has 1 heterocycles. The summed E-state index contributed by atoms with van der Waals surface area (Å²) in [6.45, 7) is 3.24. The monoisotopic (exact) mass is 133 g/mol. The molecule has 43 valence electrons. The molecule has 0 saturated heterocycles. The molecule has 0 fully saturated rings. The van der Waals surface area contributed by atoms with Crippen molar-refractivity contribution in [1.29, 1.82) is 0 Å². The van der Waals surface area contributed by atoms with Crippen LogP contribution < -0.4 is 0 Å². The average Bonchev–Trinajstić information content (AvgIpc) is 1.98. The molecular weight excluding hydrogens is 130 g/mol. The van der Waals surface area contributed by atoms with E-state index in [4.69, 9.17) is 0 Å². The van der Waals surface area contributed by atoms with Crippen molar-refractivity contribution in [2.45, 2.75) is 0 Å². The number of rotatable bonds is 0. The number of halogens is 2. The smallest absolute Gasteiger partial charge is 0.172 e. The van der Waals surface area contributed by atoms with E-state index in [0.29, 0.717) is 0 Å². The normalized spacial score (nSPS) is 9.88. The van der Waals surface area contributed by atoms with E-state index in [9.17, 15) is 8.78 Å². The van der Waals surface area contributed by atoms with Crippen LogP contribution in [0.25, 0.3) is 0 Å². The molecule has 0 aliphatic rings. The fourth-order valence-corrected chi connectivity index (χ4v) is 0.910. The molecule has 0 spiro atoms. The summed E-state index contributed by atoms with van der Waals surface area (Å²) in [5.74, 6) is -1.63. The Hall–Kier alpha value is -0.440. The predicted molar refractivity (Wildman–Crippen MR) is 28.7 cm³/mol. The van der Waals surface area contributed by atoms with Crippen molar-refractivity contribution < 1.29 is 8.78 Å². The van der Waals surface area contributed by atoms with Gasteiger partial charge in [0.2, 0.25) is 0 Å². The molecule has 1 aromatic heterocycles. The van der Waals surface area contributed by atoms with E-state index in [1.54, 1.807) is 0 Å². The van der Waals surface area contributed by atoms with Gasteiger partial charge in [-0.05, 0) is 6.92 Å². The minimum atomic E-state index is -0.824. The van der Waals surface area contributed by atoms with Gasteiger partial charge in [0.05, 0.1) is 0 Å². The number of hydrogen-bond donors (Lipinski definition) is 0. The highest BCUT2D eigenvalue weighted by Crippen LogP contribution is 2.16. The van der Waals surface area contributed by atoms with Crippen LogP contribution in [0, 0.1) is 18.6 Å². The van der Waals surface area contributed by atoms with Gasteiger partial charge in [-0.3, -0.25) is 0 Å². The minimum absolute atomic E-state index is 0.155. The molecule has 0 atom stereocenters. The van der Waals surface area contributed by atoms with Crippen molar-refractivity contribution in [2.24, 2.45) is 0 Å². The maximum absolute atomic E-state index is 12.1. The summed E-state index contributed by atoms with van der Waals surface area (Å²) in [5, 5.41) is 1.09. The lowest BCUT2D eigenvalue weighted by molar-refractivity contribution is 0.514. The molecule has 1 rings (SSSR count). The van der Waals surface area contributed by atoms with Gasteiger partial charge in [-0.2, -0.15) is 0 Å². The quantitative estimate of drug-likeness (QED) is 0.509. The first-order valence-corrected chi connectivity index (χ1v) is 2.84. The van der Waals surface area contributed by atoms with Gasteiger partial charge < -0.3 is 0 Å². The second-order valence-electron chi connectivity index (χ2n) is 1.32. The molecule has 0 nitrogen and oxygen atoms in total. The summed E-state index contributed by atoms with van der Waals surface area (Å²) in [6.07, 6.45) is 0. The molecule has 0 bridgehead atoms. The van der Waals surface area contributed by atoms with Crippen LogP contribution in [0.15, 0.2) is 5.38 Å². The van der Waals surface area contributed by atoms with E-state index < -0.39 is 11.6 Å². The van der Waals surface area contributed by atoms with Gasteiger partial charge in [0.25, 0.3) is 0 Å². The Kier molecular flexibility index (Phi) is 1.29. The molecule has 1 aromatic rings. The molecule has 0 aliphatic heterocycles. The number of hydrogen-bond acceptors (Lipinski definition) is 1. The second-order valence-corrected chi connectivity index (χ2v) is 2.29. The zero-order chi connectivity index (χ0) is 6.15. The standard InChI is InChI=1S/C5H3F2S/c1-3-5(7)4(6)2-8-3/h2H,1H2. The highest BCUT2D eigenvalue weighted by atomic mass is 32.1. The van der Waals surface area contributed by atoms with Crippen LogP contribution >= 0.6 is 11.3 Å². The summed E-state index contributed by atoms with van der Waals surface area (Å²) in [7, 11) is 0. The van der Waals surface area contributed by atoms with E-state index in [1.165, 1.54) is 0 Å². The van der Waals surface area contributed by atoms with Crippen LogP contribution in [0.4, 0.5) is 8.78 Å². The average molecular weight is 133 g/mol. The number of thiophene rings is 1. The summed E-state index contributed by atoms with van der Waals surface area (Å²) in [5.41, 5.74) is 0. The van der Waals surface area contributed by atoms with E-state index >= 15 is 0 Å². The highest BCUT2D eigenvalue weighted by molar-refractivity contribution is 7.10. The van der Waals surface area contributed by atoms with Gasteiger partial charge in [0.15, 0.2) is 11.6 Å². The van der Waals surface area contributed by atoms with Crippen LogP contribution in [-0.4, -0.2) is 0 Å². The summed E-state index contributed by atoms with van der Waals surface area (Å²) in [4.78, 5) is 0.155. The lowest BCUT2D eigenvalue weighted by atomic mass is 10.5. The summed E-state index contributed by atoms with van der Waals surface area (Å²) >= 11 is 0.970. The fourth-order valence-electron chi connectivity index (χ4n) is 0.360. The van der Waals surface area contributed by atoms with Gasteiger partial charge in [0.1, 0.15) is 0 Å². The van der Waals surface area contributed by atoms with Gasteiger partial charge in [-0.25, -0.2) is 8.78 Å². The molecule has 0 aromatic carbocycles. The van der Waals surface area contributed by atoms with Crippen molar-refractivity contribution in [2.75, 3.05) is 0 Å². The zero-order valence-corrected chi connectivity index (χ0v) is 4.77. The maximum atomic E-state index is 12.1. The first kappa shape index (κ1) is 5.69. The summed E-state index contributed by atoms with van der Waals surface area (Å²) in [6, 6.07) is 0. The van der Waals surface area contributed by atoms with Crippen molar-refractivity contribution >= 4 is 11.3 Å². The van der Waals surface area contributed by atoms with Crippen LogP contribution in [0.3, 0.4) is 0 Å². The van der Waals surface area contributed by atoms with E-state index in [1.807, 2.05) is 0 Å². The first-order valence-electron chi connectivity index (χ1n) is 1.96. The molecule has 1 radical (unpaired) electrons. The van der Waals surface area contributed by atoms with Crippen molar-refractivity contribution in [3.8, 4) is 0 Å². The summed E-state index contributed by atoms with van der Waals surface area (Å²) < 4.78 is 24.0.